The monoisotopic (exact) mass is 406 g/mol. The number of nitrogens with two attached hydrogens (primary N) is 1. The van der Waals surface area contributed by atoms with Crippen LogP contribution >= 0.6 is 0 Å². The molecule has 1 aromatic rings. The van der Waals surface area contributed by atoms with Crippen LogP contribution in [0.4, 0.5) is 0 Å². The van der Waals surface area contributed by atoms with E-state index in [-0.39, 0.29) is 36.0 Å². The number of rotatable bonds is 5. The molecule has 3 aliphatic heterocycles. The van der Waals surface area contributed by atoms with Crippen molar-refractivity contribution < 1.29 is 9.59 Å². The maximum absolute atomic E-state index is 13.1. The number of piperazine rings is 1. The topological polar surface area (TPSA) is 117 Å². The Labute approximate surface area is 176 Å². The van der Waals surface area contributed by atoms with Crippen LogP contribution in [0.25, 0.3) is 0 Å². The number of likely N-dealkylation sites (tertiary alicyclic amines) is 3. The lowest BCUT2D eigenvalue weighted by atomic mass is 10.0. The van der Waals surface area contributed by atoms with Gasteiger partial charge in [-0.3, -0.25) is 14.5 Å². The van der Waals surface area contributed by atoms with Crippen LogP contribution in [0.15, 0.2) is 24.3 Å². The zero-order valence-corrected chi connectivity index (χ0v) is 17.1. The van der Waals surface area contributed by atoms with Crippen molar-refractivity contribution >= 4 is 11.8 Å². The Morgan fingerprint density at radius 1 is 1.37 bits per heavy atom. The van der Waals surface area contributed by atoms with Gasteiger partial charge in [-0.1, -0.05) is 12.1 Å². The lowest BCUT2D eigenvalue weighted by Crippen LogP contribution is -2.56. The van der Waals surface area contributed by atoms with E-state index >= 15 is 0 Å². The van der Waals surface area contributed by atoms with Crippen LogP contribution in [0, 0.1) is 22.7 Å². The van der Waals surface area contributed by atoms with E-state index in [1.54, 1.807) is 11.0 Å². The summed E-state index contributed by atoms with van der Waals surface area (Å²) in [5.74, 6) is -0.148. The molecule has 0 radical (unpaired) electrons. The molecule has 0 spiro atoms. The highest BCUT2D eigenvalue weighted by atomic mass is 16.2. The second-order valence-corrected chi connectivity index (χ2v) is 8.44. The number of hydrogen-bond donors (Lipinski definition) is 1. The molecule has 0 saturated carbocycles. The highest BCUT2D eigenvalue weighted by Gasteiger charge is 2.51. The summed E-state index contributed by atoms with van der Waals surface area (Å²) in [6, 6.07) is 10.3. The van der Waals surface area contributed by atoms with Crippen molar-refractivity contribution in [2.45, 2.75) is 56.4 Å². The van der Waals surface area contributed by atoms with Gasteiger partial charge >= 0.3 is 0 Å². The highest BCUT2D eigenvalue weighted by molar-refractivity contribution is 5.87. The lowest BCUT2D eigenvalue weighted by Gasteiger charge is -2.38. The molecule has 156 valence electrons. The smallest absolute Gasteiger partial charge is 0.241 e. The quantitative estimate of drug-likeness (QED) is 0.771. The highest BCUT2D eigenvalue weighted by Crippen LogP contribution is 2.38. The number of nitriles is 2. The van der Waals surface area contributed by atoms with Gasteiger partial charge in [0.2, 0.25) is 11.8 Å². The second kappa shape index (κ2) is 8.06. The first-order chi connectivity index (χ1) is 14.4. The predicted octanol–water partition coefficient (Wildman–Crippen LogP) is 0.746. The molecule has 5 atom stereocenters. The molecule has 2 bridgehead atoms. The minimum absolute atomic E-state index is 0.0526. The summed E-state index contributed by atoms with van der Waals surface area (Å²) in [5.41, 5.74) is 7.72. The van der Waals surface area contributed by atoms with E-state index in [2.05, 4.69) is 12.1 Å². The zero-order chi connectivity index (χ0) is 21.4. The summed E-state index contributed by atoms with van der Waals surface area (Å²) < 4.78 is 0. The standard InChI is InChI=1S/C22H26N6O2/c1-14(16-5-2-4-15(8-16)10-23)28-18-9-20(22(28)30)26(12-18)13-19(25)21(29)27-7-3-6-17(27)11-24/h2,4-5,8,14,17-20H,3,6-7,9,12-13,25H2,1H3/t14-,17+,18?,19+,20-/m1/s1. The van der Waals surface area contributed by atoms with Crippen LogP contribution in [0.3, 0.4) is 0 Å². The lowest BCUT2D eigenvalue weighted by molar-refractivity contribution is -0.140. The zero-order valence-electron chi connectivity index (χ0n) is 17.1. The van der Waals surface area contributed by atoms with Crippen LogP contribution in [-0.2, 0) is 9.59 Å². The van der Waals surface area contributed by atoms with Gasteiger partial charge in [-0.15, -0.1) is 0 Å². The van der Waals surface area contributed by atoms with Gasteiger partial charge in [-0.2, -0.15) is 10.5 Å². The summed E-state index contributed by atoms with van der Waals surface area (Å²) in [7, 11) is 0. The molecular formula is C22H26N6O2. The number of carbonyl (C=O) groups is 2. The van der Waals surface area contributed by atoms with E-state index in [0.29, 0.717) is 31.6 Å². The molecule has 1 unspecified atom stereocenters. The van der Waals surface area contributed by atoms with Crippen LogP contribution < -0.4 is 5.73 Å². The van der Waals surface area contributed by atoms with E-state index in [4.69, 9.17) is 11.0 Å². The molecule has 0 aromatic heterocycles. The summed E-state index contributed by atoms with van der Waals surface area (Å²) in [6.45, 7) is 3.57. The molecule has 1 aromatic carbocycles. The third-order valence-corrected chi connectivity index (χ3v) is 6.66. The number of carbonyl (C=O) groups excluding carboxylic acids is 2. The summed E-state index contributed by atoms with van der Waals surface area (Å²) in [5, 5.41) is 18.4. The van der Waals surface area contributed by atoms with Crippen molar-refractivity contribution in [3.05, 3.63) is 35.4 Å². The first-order valence-corrected chi connectivity index (χ1v) is 10.5. The van der Waals surface area contributed by atoms with Gasteiger partial charge in [0, 0.05) is 25.7 Å². The van der Waals surface area contributed by atoms with Gasteiger partial charge in [0.05, 0.1) is 35.8 Å². The Morgan fingerprint density at radius 2 is 2.17 bits per heavy atom. The molecule has 2 N–H and O–H groups in total. The Hall–Kier alpha value is -2.94. The summed E-state index contributed by atoms with van der Waals surface area (Å²) in [4.78, 5) is 31.3. The van der Waals surface area contributed by atoms with Crippen LogP contribution in [-0.4, -0.2) is 70.3 Å². The molecule has 30 heavy (non-hydrogen) atoms. The Morgan fingerprint density at radius 3 is 2.87 bits per heavy atom. The van der Waals surface area contributed by atoms with Gasteiger partial charge in [-0.25, -0.2) is 0 Å². The van der Waals surface area contributed by atoms with Gasteiger partial charge in [0.25, 0.3) is 0 Å². The first kappa shape index (κ1) is 20.3. The molecule has 3 saturated heterocycles. The molecule has 8 nitrogen and oxygen atoms in total. The van der Waals surface area contributed by atoms with E-state index in [9.17, 15) is 14.9 Å². The average Bonchev–Trinajstić information content (AvgIpc) is 3.47. The molecule has 4 rings (SSSR count). The molecule has 3 aliphatic rings. The Kier molecular flexibility index (Phi) is 5.46. The van der Waals surface area contributed by atoms with E-state index in [1.165, 1.54) is 0 Å². The largest absolute Gasteiger partial charge is 0.330 e. The molecule has 0 aliphatic carbocycles. The van der Waals surface area contributed by atoms with E-state index < -0.39 is 6.04 Å². The predicted molar refractivity (Wildman–Crippen MR) is 109 cm³/mol. The van der Waals surface area contributed by atoms with Crippen molar-refractivity contribution in [2.24, 2.45) is 5.73 Å². The molecule has 2 amide bonds. The van der Waals surface area contributed by atoms with Crippen molar-refractivity contribution in [1.29, 1.82) is 10.5 Å². The van der Waals surface area contributed by atoms with Crippen molar-refractivity contribution in [1.82, 2.24) is 14.7 Å². The fraction of sp³-hybridized carbons (Fsp3) is 0.545. The fourth-order valence-electron chi connectivity index (χ4n) is 5.14. The summed E-state index contributed by atoms with van der Waals surface area (Å²) >= 11 is 0. The Bertz CT molecular complexity index is 934. The number of nitrogens with zero attached hydrogens (tertiary/aromatic N) is 5. The minimum atomic E-state index is -0.732. The SMILES string of the molecule is C[C@H](c1cccc(C#N)c1)N1C(=O)[C@H]2CC1CN2C[C@H](N)C(=O)N1CCC[C@H]1C#N. The number of amides is 2. The third kappa shape index (κ3) is 3.43. The average molecular weight is 406 g/mol. The van der Waals surface area contributed by atoms with Gasteiger partial charge in [0.1, 0.15) is 6.04 Å². The van der Waals surface area contributed by atoms with Gasteiger partial charge in [-0.05, 0) is 43.9 Å². The number of hydrogen-bond acceptors (Lipinski definition) is 6. The summed E-state index contributed by atoms with van der Waals surface area (Å²) in [6.07, 6.45) is 2.25. The minimum Gasteiger partial charge on any atom is -0.330 e. The number of benzene rings is 1. The third-order valence-electron chi connectivity index (χ3n) is 6.66. The van der Waals surface area contributed by atoms with Crippen molar-refractivity contribution in [3.63, 3.8) is 0 Å². The van der Waals surface area contributed by atoms with Crippen LogP contribution in [0.1, 0.15) is 43.4 Å². The normalized spacial score (nSPS) is 27.7. The van der Waals surface area contributed by atoms with Gasteiger partial charge in [0.15, 0.2) is 0 Å². The molecule has 3 heterocycles. The fourth-order valence-corrected chi connectivity index (χ4v) is 5.14. The van der Waals surface area contributed by atoms with E-state index in [0.717, 1.165) is 18.4 Å². The Balaban J connectivity index is 1.40. The molecule has 8 heteroatoms. The van der Waals surface area contributed by atoms with E-state index in [1.807, 2.05) is 34.9 Å². The second-order valence-electron chi connectivity index (χ2n) is 8.44. The molecular weight excluding hydrogens is 380 g/mol. The van der Waals surface area contributed by atoms with Crippen molar-refractivity contribution in [2.75, 3.05) is 19.6 Å². The number of fused-ring (bicyclic) bond motifs is 2. The maximum Gasteiger partial charge on any atom is 0.241 e. The van der Waals surface area contributed by atoms with Gasteiger partial charge < -0.3 is 15.5 Å². The maximum atomic E-state index is 13.1. The first-order valence-electron chi connectivity index (χ1n) is 10.5. The van der Waals surface area contributed by atoms with Crippen molar-refractivity contribution in [3.8, 4) is 12.1 Å². The van der Waals surface area contributed by atoms with Crippen LogP contribution in [0.2, 0.25) is 0 Å². The molecule has 3 fully saturated rings. The van der Waals surface area contributed by atoms with Crippen LogP contribution in [0.5, 0.6) is 0 Å².